The Balaban J connectivity index is 1.46. The maximum absolute atomic E-state index is 13.4. The van der Waals surface area contributed by atoms with E-state index in [-0.39, 0.29) is 22.8 Å². The summed E-state index contributed by atoms with van der Waals surface area (Å²) in [6.45, 7) is 1.90. The van der Waals surface area contributed by atoms with E-state index in [4.69, 9.17) is 4.42 Å². The van der Waals surface area contributed by atoms with E-state index in [1.54, 1.807) is 6.07 Å². The molecule has 0 unspecified atom stereocenters. The Morgan fingerprint density at radius 1 is 1.21 bits per heavy atom. The number of likely N-dealkylation sites (tertiary alicyclic amines) is 1. The maximum Gasteiger partial charge on any atom is 0.349 e. The second kappa shape index (κ2) is 8.87. The molecular weight excluding hydrogens is 437 g/mol. The number of carbonyl (C=O) groups is 1. The predicted octanol–water partition coefficient (Wildman–Crippen LogP) is 2.65. The Bertz CT molecular complexity index is 1300. The number of nitro groups is 1. The summed E-state index contributed by atoms with van der Waals surface area (Å²) in [5.74, 6) is -2.98. The number of benzene rings is 2. The van der Waals surface area contributed by atoms with Gasteiger partial charge in [0.2, 0.25) is 11.5 Å². The van der Waals surface area contributed by atoms with E-state index in [0.29, 0.717) is 32.5 Å². The highest BCUT2D eigenvalue weighted by Crippen LogP contribution is 2.41. The molecule has 2 heterocycles. The van der Waals surface area contributed by atoms with Gasteiger partial charge in [-0.15, -0.1) is 0 Å². The first-order valence-corrected chi connectivity index (χ1v) is 10.2. The Kier molecular flexibility index (Phi) is 5.97. The minimum atomic E-state index is -1.05. The molecule has 0 aliphatic carbocycles. The van der Waals surface area contributed by atoms with Crippen LogP contribution in [-0.4, -0.2) is 45.1 Å². The highest BCUT2D eigenvalue weighted by atomic mass is 19.1. The quantitative estimate of drug-likeness (QED) is 0.229. The number of piperidine rings is 1. The summed E-state index contributed by atoms with van der Waals surface area (Å²) in [6, 6.07) is 8.15. The zero-order valence-corrected chi connectivity index (χ0v) is 17.3. The molecule has 2 aromatic carbocycles. The fraction of sp³-hybridized carbons (Fsp3) is 0.273. The summed E-state index contributed by atoms with van der Waals surface area (Å²) >= 11 is 0. The molecule has 0 radical (unpaired) electrons. The number of nitrogens with one attached hydrogen (secondary N) is 1. The monoisotopic (exact) mass is 457 g/mol. The lowest BCUT2D eigenvalue weighted by Gasteiger charge is -2.32. The lowest BCUT2D eigenvalue weighted by atomic mass is 10.0. The zero-order valence-electron chi connectivity index (χ0n) is 17.3. The Morgan fingerprint density at radius 3 is 2.61 bits per heavy atom. The van der Waals surface area contributed by atoms with Gasteiger partial charge < -0.3 is 19.9 Å². The fourth-order valence-corrected chi connectivity index (χ4v) is 3.91. The van der Waals surface area contributed by atoms with Crippen LogP contribution in [0.5, 0.6) is 11.5 Å². The van der Waals surface area contributed by atoms with Crippen molar-refractivity contribution in [3.8, 4) is 11.5 Å². The van der Waals surface area contributed by atoms with E-state index in [1.807, 2.05) is 6.07 Å². The summed E-state index contributed by atoms with van der Waals surface area (Å²) in [5, 5.41) is 33.4. The molecule has 1 saturated heterocycles. The van der Waals surface area contributed by atoms with Crippen molar-refractivity contribution in [2.45, 2.75) is 25.4 Å². The Labute approximate surface area is 186 Å². The minimum absolute atomic E-state index is 0.0772. The van der Waals surface area contributed by atoms with Gasteiger partial charge in [-0.2, -0.15) is 0 Å². The SMILES string of the molecule is O=C(NC1CCN(Cc2cccc(F)c2)CC1)c1cc2cc([N+](=O)[O-])c(O)c(O)c2oc1=O. The van der Waals surface area contributed by atoms with Crippen LogP contribution in [0, 0.1) is 15.9 Å². The van der Waals surface area contributed by atoms with Crippen LogP contribution in [0.25, 0.3) is 11.0 Å². The van der Waals surface area contributed by atoms with Gasteiger partial charge in [-0.05, 0) is 36.6 Å². The van der Waals surface area contributed by atoms with Gasteiger partial charge in [-0.3, -0.25) is 19.8 Å². The number of carbonyl (C=O) groups excluding carboxylic acids is 1. The average Bonchev–Trinajstić information content (AvgIpc) is 2.77. The third-order valence-corrected chi connectivity index (χ3v) is 5.61. The molecule has 1 amide bonds. The molecule has 33 heavy (non-hydrogen) atoms. The second-order valence-electron chi connectivity index (χ2n) is 7.87. The summed E-state index contributed by atoms with van der Waals surface area (Å²) in [6.07, 6.45) is 1.22. The maximum atomic E-state index is 13.4. The highest BCUT2D eigenvalue weighted by Gasteiger charge is 2.26. The van der Waals surface area contributed by atoms with Crippen molar-refractivity contribution in [3.63, 3.8) is 0 Å². The Hall–Kier alpha value is -3.99. The standard InChI is InChI=1S/C22H20FN3O7/c23-14-3-1-2-12(8-14)11-25-6-4-15(5-7-25)24-21(29)16-9-13-10-17(26(31)32)18(27)19(28)20(13)33-22(16)30/h1-3,8-10,15,27-28H,4-7,11H2,(H,24,29). The van der Waals surface area contributed by atoms with Crippen molar-refractivity contribution >= 4 is 22.6 Å². The number of nitrogens with zero attached hydrogens (tertiary/aromatic N) is 2. The lowest BCUT2D eigenvalue weighted by Crippen LogP contribution is -2.45. The smallest absolute Gasteiger partial charge is 0.349 e. The first kappa shape index (κ1) is 22.2. The number of phenolic OH excluding ortho intramolecular Hbond substituents is 2. The largest absolute Gasteiger partial charge is 0.501 e. The number of hydrogen-bond donors (Lipinski definition) is 3. The minimum Gasteiger partial charge on any atom is -0.501 e. The number of fused-ring (bicyclic) bond motifs is 1. The molecule has 3 aromatic rings. The number of halogens is 1. The highest BCUT2D eigenvalue weighted by molar-refractivity contribution is 5.98. The van der Waals surface area contributed by atoms with Crippen LogP contribution >= 0.6 is 0 Å². The molecule has 0 spiro atoms. The van der Waals surface area contributed by atoms with Crippen molar-refractivity contribution < 1.29 is 28.7 Å². The number of nitro benzene ring substituents is 1. The first-order valence-electron chi connectivity index (χ1n) is 10.2. The number of rotatable bonds is 5. The number of hydrogen-bond acceptors (Lipinski definition) is 8. The summed E-state index contributed by atoms with van der Waals surface area (Å²) in [7, 11) is 0. The van der Waals surface area contributed by atoms with Crippen molar-refractivity contribution in [3.05, 3.63) is 73.9 Å². The van der Waals surface area contributed by atoms with E-state index in [2.05, 4.69) is 10.2 Å². The van der Waals surface area contributed by atoms with Crippen molar-refractivity contribution in [1.29, 1.82) is 0 Å². The van der Waals surface area contributed by atoms with Crippen LogP contribution in [0.15, 0.2) is 45.6 Å². The molecule has 1 aliphatic rings. The van der Waals surface area contributed by atoms with Gasteiger partial charge in [0.1, 0.15) is 11.4 Å². The topological polar surface area (TPSA) is 146 Å². The normalized spacial score (nSPS) is 14.9. The zero-order chi connectivity index (χ0) is 23.7. The van der Waals surface area contributed by atoms with Gasteiger partial charge in [0, 0.05) is 37.1 Å². The second-order valence-corrected chi connectivity index (χ2v) is 7.87. The van der Waals surface area contributed by atoms with Gasteiger partial charge in [-0.25, -0.2) is 9.18 Å². The van der Waals surface area contributed by atoms with E-state index < -0.39 is 39.2 Å². The van der Waals surface area contributed by atoms with Gasteiger partial charge in [0.05, 0.1) is 4.92 Å². The van der Waals surface area contributed by atoms with Crippen LogP contribution in [0.4, 0.5) is 10.1 Å². The van der Waals surface area contributed by atoms with Crippen molar-refractivity contribution in [1.82, 2.24) is 10.2 Å². The molecule has 0 atom stereocenters. The van der Waals surface area contributed by atoms with Crippen LogP contribution in [0.3, 0.4) is 0 Å². The van der Waals surface area contributed by atoms with Crippen molar-refractivity contribution in [2.75, 3.05) is 13.1 Å². The number of aromatic hydroxyl groups is 2. The molecule has 1 aliphatic heterocycles. The van der Waals surface area contributed by atoms with Gasteiger partial charge in [-0.1, -0.05) is 12.1 Å². The van der Waals surface area contributed by atoms with E-state index in [0.717, 1.165) is 17.7 Å². The van der Waals surface area contributed by atoms with Crippen LogP contribution < -0.4 is 10.9 Å². The molecule has 0 bridgehead atoms. The molecule has 0 saturated carbocycles. The van der Waals surface area contributed by atoms with Crippen LogP contribution in [0.2, 0.25) is 0 Å². The molecule has 172 valence electrons. The first-order chi connectivity index (χ1) is 15.7. The van der Waals surface area contributed by atoms with E-state index in [1.165, 1.54) is 12.1 Å². The van der Waals surface area contributed by atoms with E-state index >= 15 is 0 Å². The predicted molar refractivity (Wildman–Crippen MR) is 115 cm³/mol. The number of phenols is 2. The molecule has 4 rings (SSSR count). The summed E-state index contributed by atoms with van der Waals surface area (Å²) in [4.78, 5) is 37.3. The molecule has 11 heteroatoms. The average molecular weight is 457 g/mol. The van der Waals surface area contributed by atoms with Crippen LogP contribution in [0.1, 0.15) is 28.8 Å². The van der Waals surface area contributed by atoms with Gasteiger partial charge >= 0.3 is 11.3 Å². The lowest BCUT2D eigenvalue weighted by molar-refractivity contribution is -0.385. The van der Waals surface area contributed by atoms with Gasteiger partial charge in [0.15, 0.2) is 5.58 Å². The van der Waals surface area contributed by atoms with E-state index in [9.17, 15) is 34.3 Å². The molecule has 10 nitrogen and oxygen atoms in total. The van der Waals surface area contributed by atoms with Gasteiger partial charge in [0.25, 0.3) is 5.91 Å². The van der Waals surface area contributed by atoms with Crippen LogP contribution in [-0.2, 0) is 6.54 Å². The van der Waals surface area contributed by atoms with Crippen molar-refractivity contribution in [2.24, 2.45) is 0 Å². The third kappa shape index (κ3) is 4.62. The molecular formula is C22H20FN3O7. The molecule has 3 N–H and O–H groups in total. The summed E-state index contributed by atoms with van der Waals surface area (Å²) in [5.41, 5.74) is -1.80. The fourth-order valence-electron chi connectivity index (χ4n) is 3.91. The summed E-state index contributed by atoms with van der Waals surface area (Å²) < 4.78 is 18.3. The molecule has 1 fully saturated rings. The third-order valence-electron chi connectivity index (χ3n) is 5.61. The number of amides is 1. The molecule has 1 aromatic heterocycles. The Morgan fingerprint density at radius 2 is 1.94 bits per heavy atom.